The molecule has 1 unspecified atom stereocenters. The molecule has 0 aromatic heterocycles. The molecule has 0 radical (unpaired) electrons. The van der Waals surface area contributed by atoms with Crippen molar-refractivity contribution in [1.82, 2.24) is 0 Å². The molecule has 0 fully saturated rings. The van der Waals surface area contributed by atoms with E-state index in [-0.39, 0.29) is 6.04 Å². The van der Waals surface area contributed by atoms with Gasteiger partial charge in [-0.05, 0) is 53.8 Å². The summed E-state index contributed by atoms with van der Waals surface area (Å²) in [5.74, 6) is 1.03. The van der Waals surface area contributed by atoms with Crippen molar-refractivity contribution in [2.24, 2.45) is 0 Å². The highest BCUT2D eigenvalue weighted by molar-refractivity contribution is 5.83. The Bertz CT molecular complexity index is 840. The predicted octanol–water partition coefficient (Wildman–Crippen LogP) is 5.34. The zero-order chi connectivity index (χ0) is 15.6. The second kappa shape index (κ2) is 5.96. The third-order valence-electron chi connectivity index (χ3n) is 4.58. The smallest absolute Gasteiger partial charge is 0.145 e. The van der Waals surface area contributed by atoms with E-state index in [1.165, 1.54) is 21.9 Å². The van der Waals surface area contributed by atoms with Gasteiger partial charge in [0, 0.05) is 6.04 Å². The average Bonchev–Trinajstić information content (AvgIpc) is 2.61. The number of hydrogen-bond donors (Lipinski definition) is 1. The Hall–Kier alpha value is -2.48. The largest absolute Gasteiger partial charge is 0.491 e. The standard InChI is InChI=1S/C21H21NO/c1-15(18-12-11-16-6-2-3-7-19(16)14-18)22-20-10-4-8-17-9-5-13-23-21(17)20/h2-4,6-8,10-12,14-15,22H,5,9,13H2,1H3. The summed E-state index contributed by atoms with van der Waals surface area (Å²) in [6.07, 6.45) is 2.21. The Balaban J connectivity index is 1.63. The number of ether oxygens (including phenoxy) is 1. The van der Waals surface area contributed by atoms with Crippen LogP contribution < -0.4 is 10.1 Å². The molecule has 4 rings (SSSR count). The van der Waals surface area contributed by atoms with Gasteiger partial charge >= 0.3 is 0 Å². The molecule has 0 saturated carbocycles. The van der Waals surface area contributed by atoms with Crippen molar-refractivity contribution >= 4 is 16.5 Å². The lowest BCUT2D eigenvalue weighted by Gasteiger charge is -2.23. The Morgan fingerprint density at radius 1 is 0.957 bits per heavy atom. The van der Waals surface area contributed by atoms with E-state index in [0.29, 0.717) is 0 Å². The zero-order valence-electron chi connectivity index (χ0n) is 13.4. The highest BCUT2D eigenvalue weighted by Crippen LogP contribution is 2.35. The van der Waals surface area contributed by atoms with Crippen LogP contribution in [0.15, 0.2) is 60.7 Å². The molecule has 0 spiro atoms. The molecule has 1 atom stereocenters. The Morgan fingerprint density at radius 2 is 1.83 bits per heavy atom. The van der Waals surface area contributed by atoms with Crippen molar-refractivity contribution in [3.05, 3.63) is 71.8 Å². The maximum atomic E-state index is 5.90. The van der Waals surface area contributed by atoms with Crippen molar-refractivity contribution in [2.45, 2.75) is 25.8 Å². The minimum absolute atomic E-state index is 0.233. The van der Waals surface area contributed by atoms with Gasteiger partial charge in [-0.15, -0.1) is 0 Å². The van der Waals surface area contributed by atoms with Crippen LogP contribution in [0, 0.1) is 0 Å². The van der Waals surface area contributed by atoms with Crippen LogP contribution in [0.4, 0.5) is 5.69 Å². The number of nitrogens with one attached hydrogen (secondary N) is 1. The van der Waals surface area contributed by atoms with Crippen molar-refractivity contribution in [3.63, 3.8) is 0 Å². The number of hydrogen-bond acceptors (Lipinski definition) is 2. The molecule has 0 aliphatic carbocycles. The van der Waals surface area contributed by atoms with E-state index in [9.17, 15) is 0 Å². The fourth-order valence-electron chi connectivity index (χ4n) is 3.30. The quantitative estimate of drug-likeness (QED) is 0.705. The molecule has 1 N–H and O–H groups in total. The van der Waals surface area contributed by atoms with Crippen LogP contribution in [0.2, 0.25) is 0 Å². The Kier molecular flexibility index (Phi) is 3.66. The van der Waals surface area contributed by atoms with Crippen molar-refractivity contribution in [1.29, 1.82) is 0 Å². The normalized spacial score (nSPS) is 14.8. The minimum atomic E-state index is 0.233. The van der Waals surface area contributed by atoms with Gasteiger partial charge in [-0.3, -0.25) is 0 Å². The van der Waals surface area contributed by atoms with Crippen molar-refractivity contribution in [2.75, 3.05) is 11.9 Å². The number of aryl methyl sites for hydroxylation is 1. The molecule has 0 amide bonds. The average molecular weight is 303 g/mol. The van der Waals surface area contributed by atoms with Crippen LogP contribution in [0.5, 0.6) is 5.75 Å². The van der Waals surface area contributed by atoms with Gasteiger partial charge in [-0.25, -0.2) is 0 Å². The third kappa shape index (κ3) is 2.77. The second-order valence-corrected chi connectivity index (χ2v) is 6.22. The molecule has 116 valence electrons. The minimum Gasteiger partial charge on any atom is -0.491 e. The summed E-state index contributed by atoms with van der Waals surface area (Å²) >= 11 is 0. The fraction of sp³-hybridized carbons (Fsp3) is 0.238. The van der Waals surface area contributed by atoms with E-state index in [1.54, 1.807) is 0 Å². The summed E-state index contributed by atoms with van der Waals surface area (Å²) in [5.41, 5.74) is 3.70. The topological polar surface area (TPSA) is 21.3 Å². The SMILES string of the molecule is CC(Nc1cccc2c1OCCC2)c1ccc2ccccc2c1. The van der Waals surface area contributed by atoms with Gasteiger partial charge in [0.15, 0.2) is 0 Å². The molecule has 2 nitrogen and oxygen atoms in total. The van der Waals surface area contributed by atoms with Gasteiger partial charge in [0.05, 0.1) is 12.3 Å². The molecule has 3 aromatic rings. The van der Waals surface area contributed by atoms with Crippen LogP contribution >= 0.6 is 0 Å². The molecule has 23 heavy (non-hydrogen) atoms. The predicted molar refractivity (Wildman–Crippen MR) is 96.2 cm³/mol. The van der Waals surface area contributed by atoms with Gasteiger partial charge in [0.1, 0.15) is 5.75 Å². The molecule has 1 aliphatic rings. The van der Waals surface area contributed by atoms with E-state index in [2.05, 4.69) is 72.9 Å². The summed E-state index contributed by atoms with van der Waals surface area (Å²) < 4.78 is 5.90. The van der Waals surface area contributed by atoms with Gasteiger partial charge in [0.25, 0.3) is 0 Å². The second-order valence-electron chi connectivity index (χ2n) is 6.22. The van der Waals surface area contributed by atoms with E-state index >= 15 is 0 Å². The zero-order valence-corrected chi connectivity index (χ0v) is 13.4. The molecule has 0 bridgehead atoms. The lowest BCUT2D eigenvalue weighted by Crippen LogP contribution is -2.13. The van der Waals surface area contributed by atoms with Crippen molar-refractivity contribution < 1.29 is 4.74 Å². The lowest BCUT2D eigenvalue weighted by atomic mass is 10.0. The van der Waals surface area contributed by atoms with E-state index in [1.807, 2.05) is 0 Å². The number of fused-ring (bicyclic) bond motifs is 2. The lowest BCUT2D eigenvalue weighted by molar-refractivity contribution is 0.289. The fourth-order valence-corrected chi connectivity index (χ4v) is 3.30. The molecule has 0 saturated heterocycles. The first kappa shape index (κ1) is 14.1. The molecule has 3 aromatic carbocycles. The van der Waals surface area contributed by atoms with E-state index in [0.717, 1.165) is 30.9 Å². The summed E-state index contributed by atoms with van der Waals surface area (Å²) in [6, 6.07) is 21.8. The van der Waals surface area contributed by atoms with Gasteiger partial charge in [-0.2, -0.15) is 0 Å². The third-order valence-corrected chi connectivity index (χ3v) is 4.58. The number of benzene rings is 3. The van der Waals surface area contributed by atoms with Gasteiger partial charge in [-0.1, -0.05) is 48.5 Å². The van der Waals surface area contributed by atoms with E-state index in [4.69, 9.17) is 4.74 Å². The number of anilines is 1. The maximum Gasteiger partial charge on any atom is 0.145 e. The molecular weight excluding hydrogens is 282 g/mol. The monoisotopic (exact) mass is 303 g/mol. The Labute approximate surface area is 137 Å². The van der Waals surface area contributed by atoms with Gasteiger partial charge in [0.2, 0.25) is 0 Å². The highest BCUT2D eigenvalue weighted by atomic mass is 16.5. The molecule has 1 aliphatic heterocycles. The molecule has 1 heterocycles. The first-order valence-corrected chi connectivity index (χ1v) is 8.31. The highest BCUT2D eigenvalue weighted by Gasteiger charge is 2.16. The first-order valence-electron chi connectivity index (χ1n) is 8.31. The van der Waals surface area contributed by atoms with Crippen LogP contribution in [0.1, 0.15) is 30.5 Å². The first-order chi connectivity index (χ1) is 11.3. The number of rotatable bonds is 3. The van der Waals surface area contributed by atoms with Crippen LogP contribution in [0.25, 0.3) is 10.8 Å². The Morgan fingerprint density at radius 3 is 2.74 bits per heavy atom. The summed E-state index contributed by atoms with van der Waals surface area (Å²) in [4.78, 5) is 0. The van der Waals surface area contributed by atoms with E-state index < -0.39 is 0 Å². The summed E-state index contributed by atoms with van der Waals surface area (Å²) in [6.45, 7) is 3.02. The van der Waals surface area contributed by atoms with Crippen molar-refractivity contribution in [3.8, 4) is 5.75 Å². The summed E-state index contributed by atoms with van der Waals surface area (Å²) in [7, 11) is 0. The number of para-hydroxylation sites is 1. The van der Waals surface area contributed by atoms with Crippen LogP contribution in [0.3, 0.4) is 0 Å². The maximum absolute atomic E-state index is 5.90. The summed E-state index contributed by atoms with van der Waals surface area (Å²) in [5, 5.41) is 6.19. The van der Waals surface area contributed by atoms with Gasteiger partial charge < -0.3 is 10.1 Å². The van der Waals surface area contributed by atoms with Crippen LogP contribution in [-0.2, 0) is 6.42 Å². The molecule has 2 heteroatoms. The van der Waals surface area contributed by atoms with Crippen LogP contribution in [-0.4, -0.2) is 6.61 Å². The molecular formula is C21H21NO.